The van der Waals surface area contributed by atoms with Gasteiger partial charge in [0.15, 0.2) is 0 Å². The first-order valence-corrected chi connectivity index (χ1v) is 6.16. The first kappa shape index (κ1) is 15.0. The van der Waals surface area contributed by atoms with E-state index in [-0.39, 0.29) is 11.3 Å². The Bertz CT molecular complexity index is 770. The Morgan fingerprint density at radius 2 is 1.59 bits per heavy atom. The zero-order chi connectivity index (χ0) is 16.3. The fourth-order valence-electron chi connectivity index (χ4n) is 1.87. The highest BCUT2D eigenvalue weighted by Gasteiger charge is 2.17. The number of carboxylic acids is 2. The maximum absolute atomic E-state index is 12.0. The van der Waals surface area contributed by atoms with Crippen molar-refractivity contribution in [2.24, 2.45) is 0 Å². The molecule has 0 radical (unpaired) electrons. The van der Waals surface area contributed by atoms with Gasteiger partial charge < -0.3 is 21.3 Å². The van der Waals surface area contributed by atoms with Gasteiger partial charge in [-0.15, -0.1) is 0 Å². The fourth-order valence-corrected chi connectivity index (χ4v) is 1.87. The normalized spacial score (nSPS) is 10.0. The number of nitrogens with two attached hydrogens (primary N) is 1. The molecule has 0 saturated heterocycles. The largest absolute Gasteiger partial charge is 0.478 e. The number of carbonyl (C=O) groups excluding carboxylic acids is 1. The number of hydrogen-bond donors (Lipinski definition) is 4. The fraction of sp³-hybridized carbons (Fsp3) is 0. The van der Waals surface area contributed by atoms with Crippen LogP contribution in [0.1, 0.15) is 31.1 Å². The molecular weight excluding hydrogens is 288 g/mol. The van der Waals surface area contributed by atoms with E-state index in [0.29, 0.717) is 11.3 Å². The van der Waals surface area contributed by atoms with Crippen LogP contribution in [0.15, 0.2) is 42.5 Å². The number of carboxylic acid groups (broad SMARTS) is 2. The molecule has 2 rings (SSSR count). The molecule has 0 spiro atoms. The molecule has 22 heavy (non-hydrogen) atoms. The first-order valence-electron chi connectivity index (χ1n) is 6.16. The van der Waals surface area contributed by atoms with Crippen LogP contribution in [-0.2, 0) is 0 Å². The second-order valence-electron chi connectivity index (χ2n) is 4.45. The average Bonchev–Trinajstić information content (AvgIpc) is 2.46. The highest BCUT2D eigenvalue weighted by atomic mass is 16.4. The summed E-state index contributed by atoms with van der Waals surface area (Å²) < 4.78 is 0. The number of nitrogen functional groups attached to an aromatic ring is 1. The van der Waals surface area contributed by atoms with E-state index in [2.05, 4.69) is 5.32 Å². The Kier molecular flexibility index (Phi) is 4.08. The van der Waals surface area contributed by atoms with Crippen molar-refractivity contribution in [1.82, 2.24) is 0 Å². The summed E-state index contributed by atoms with van der Waals surface area (Å²) in [4.78, 5) is 34.1. The number of benzene rings is 2. The molecule has 1 amide bonds. The summed E-state index contributed by atoms with van der Waals surface area (Å²) in [5, 5.41) is 20.5. The minimum Gasteiger partial charge on any atom is -0.478 e. The van der Waals surface area contributed by atoms with Crippen molar-refractivity contribution >= 4 is 29.2 Å². The molecule has 0 aliphatic rings. The van der Waals surface area contributed by atoms with Gasteiger partial charge in [0.05, 0.1) is 11.1 Å². The third kappa shape index (κ3) is 3.21. The van der Waals surface area contributed by atoms with Crippen molar-refractivity contribution in [3.63, 3.8) is 0 Å². The summed E-state index contributed by atoms with van der Waals surface area (Å²) in [6, 6.07) is 9.80. The Morgan fingerprint density at radius 1 is 0.909 bits per heavy atom. The Balaban J connectivity index is 2.30. The van der Waals surface area contributed by atoms with Crippen LogP contribution in [0.5, 0.6) is 0 Å². The van der Waals surface area contributed by atoms with Gasteiger partial charge in [0, 0.05) is 16.9 Å². The third-order valence-electron chi connectivity index (χ3n) is 2.89. The van der Waals surface area contributed by atoms with Crippen LogP contribution in [0.4, 0.5) is 11.4 Å². The molecule has 0 aromatic heterocycles. The van der Waals surface area contributed by atoms with Crippen LogP contribution in [-0.4, -0.2) is 28.1 Å². The summed E-state index contributed by atoms with van der Waals surface area (Å²) in [6.45, 7) is 0. The SMILES string of the molecule is Nc1cccc(C(=O)Nc2ccc(C(=O)O)c(C(=O)O)c2)c1. The second-order valence-corrected chi connectivity index (χ2v) is 4.45. The predicted octanol–water partition coefficient (Wildman–Crippen LogP) is 1.92. The summed E-state index contributed by atoms with van der Waals surface area (Å²) in [6.07, 6.45) is 0. The van der Waals surface area contributed by atoms with E-state index < -0.39 is 23.4 Å². The molecule has 2 aromatic rings. The number of anilines is 2. The maximum Gasteiger partial charge on any atom is 0.336 e. The molecular formula is C15H12N2O5. The molecule has 0 heterocycles. The second kappa shape index (κ2) is 5.96. The molecule has 7 heteroatoms. The highest BCUT2D eigenvalue weighted by Crippen LogP contribution is 2.18. The van der Waals surface area contributed by atoms with Gasteiger partial charge in [-0.2, -0.15) is 0 Å². The van der Waals surface area contributed by atoms with Crippen molar-refractivity contribution in [3.05, 3.63) is 59.2 Å². The van der Waals surface area contributed by atoms with E-state index >= 15 is 0 Å². The van der Waals surface area contributed by atoms with E-state index in [9.17, 15) is 14.4 Å². The van der Waals surface area contributed by atoms with Crippen molar-refractivity contribution in [3.8, 4) is 0 Å². The smallest absolute Gasteiger partial charge is 0.336 e. The van der Waals surface area contributed by atoms with E-state index in [1.54, 1.807) is 18.2 Å². The van der Waals surface area contributed by atoms with Gasteiger partial charge in [0.25, 0.3) is 5.91 Å². The van der Waals surface area contributed by atoms with E-state index in [1.807, 2.05) is 0 Å². The van der Waals surface area contributed by atoms with Crippen LogP contribution in [0, 0.1) is 0 Å². The number of carbonyl (C=O) groups is 3. The minimum atomic E-state index is -1.39. The van der Waals surface area contributed by atoms with Crippen LogP contribution in [0.2, 0.25) is 0 Å². The van der Waals surface area contributed by atoms with Gasteiger partial charge in [-0.05, 0) is 36.4 Å². The van der Waals surface area contributed by atoms with Crippen LogP contribution < -0.4 is 11.1 Å². The standard InChI is InChI=1S/C15H12N2O5/c16-9-3-1-2-8(6-9)13(18)17-10-4-5-11(14(19)20)12(7-10)15(21)22/h1-7H,16H2,(H,17,18)(H,19,20)(H,21,22). The number of rotatable bonds is 4. The molecule has 0 atom stereocenters. The summed E-state index contributed by atoms with van der Waals surface area (Å²) in [5.74, 6) is -3.23. The van der Waals surface area contributed by atoms with E-state index in [4.69, 9.17) is 15.9 Å². The Labute approximate surface area is 125 Å². The maximum atomic E-state index is 12.0. The lowest BCUT2D eigenvalue weighted by atomic mass is 10.1. The van der Waals surface area contributed by atoms with Crippen molar-refractivity contribution in [2.75, 3.05) is 11.1 Å². The summed E-state index contributed by atoms with van der Waals surface area (Å²) >= 11 is 0. The molecule has 0 bridgehead atoms. The Hall–Kier alpha value is -3.35. The highest BCUT2D eigenvalue weighted by molar-refractivity contribution is 6.07. The monoisotopic (exact) mass is 300 g/mol. The summed E-state index contributed by atoms with van der Waals surface area (Å²) in [7, 11) is 0. The van der Waals surface area contributed by atoms with Gasteiger partial charge in [-0.3, -0.25) is 4.79 Å². The molecule has 0 fully saturated rings. The topological polar surface area (TPSA) is 130 Å². The molecule has 0 aliphatic carbocycles. The quantitative estimate of drug-likeness (QED) is 0.638. The number of aromatic carboxylic acids is 2. The van der Waals surface area contributed by atoms with E-state index in [1.165, 1.54) is 12.1 Å². The van der Waals surface area contributed by atoms with Gasteiger partial charge >= 0.3 is 11.9 Å². The lowest BCUT2D eigenvalue weighted by Crippen LogP contribution is -2.14. The van der Waals surface area contributed by atoms with Crippen molar-refractivity contribution < 1.29 is 24.6 Å². The number of hydrogen-bond acceptors (Lipinski definition) is 4. The molecule has 5 N–H and O–H groups in total. The van der Waals surface area contributed by atoms with Gasteiger partial charge in [-0.1, -0.05) is 6.07 Å². The Morgan fingerprint density at radius 3 is 2.18 bits per heavy atom. The lowest BCUT2D eigenvalue weighted by Gasteiger charge is -2.08. The molecule has 7 nitrogen and oxygen atoms in total. The van der Waals surface area contributed by atoms with Gasteiger partial charge in [0.1, 0.15) is 0 Å². The molecule has 2 aromatic carbocycles. The predicted molar refractivity (Wildman–Crippen MR) is 79.2 cm³/mol. The van der Waals surface area contributed by atoms with Crippen LogP contribution >= 0.6 is 0 Å². The summed E-state index contributed by atoms with van der Waals surface area (Å²) in [5.41, 5.74) is 5.72. The average molecular weight is 300 g/mol. The van der Waals surface area contributed by atoms with Gasteiger partial charge in [-0.25, -0.2) is 9.59 Å². The number of amides is 1. The number of nitrogens with one attached hydrogen (secondary N) is 1. The third-order valence-corrected chi connectivity index (χ3v) is 2.89. The lowest BCUT2D eigenvalue weighted by molar-refractivity contribution is 0.0651. The molecule has 0 aliphatic heterocycles. The first-order chi connectivity index (χ1) is 10.4. The zero-order valence-corrected chi connectivity index (χ0v) is 11.2. The van der Waals surface area contributed by atoms with Gasteiger partial charge in [0.2, 0.25) is 0 Å². The van der Waals surface area contributed by atoms with Crippen molar-refractivity contribution in [2.45, 2.75) is 0 Å². The molecule has 112 valence electrons. The molecule has 0 saturated carbocycles. The van der Waals surface area contributed by atoms with Crippen LogP contribution in [0.3, 0.4) is 0 Å². The van der Waals surface area contributed by atoms with Crippen molar-refractivity contribution in [1.29, 1.82) is 0 Å². The van der Waals surface area contributed by atoms with Crippen LogP contribution in [0.25, 0.3) is 0 Å². The minimum absolute atomic E-state index is 0.176. The van der Waals surface area contributed by atoms with E-state index in [0.717, 1.165) is 12.1 Å². The molecule has 0 unspecified atom stereocenters. The zero-order valence-electron chi connectivity index (χ0n) is 11.2.